The highest BCUT2D eigenvalue weighted by atomic mass is 35.5. The van der Waals surface area contributed by atoms with Crippen molar-refractivity contribution in [3.05, 3.63) is 45.4 Å². The number of thiazole rings is 1. The minimum absolute atomic E-state index is 0.0339. The van der Waals surface area contributed by atoms with E-state index in [9.17, 15) is 9.59 Å². The number of benzene rings is 1. The lowest BCUT2D eigenvalue weighted by Crippen LogP contribution is -2.41. The lowest BCUT2D eigenvalue weighted by atomic mass is 9.89. The molecule has 0 aliphatic heterocycles. The second kappa shape index (κ2) is 9.53. The van der Waals surface area contributed by atoms with Crippen LogP contribution >= 0.6 is 34.5 Å². The summed E-state index contributed by atoms with van der Waals surface area (Å²) in [7, 11) is 0. The van der Waals surface area contributed by atoms with Crippen LogP contribution in [-0.2, 0) is 4.79 Å². The zero-order chi connectivity index (χ0) is 19.2. The Morgan fingerprint density at radius 3 is 2.67 bits per heavy atom. The molecule has 3 rings (SSSR count). The molecule has 27 heavy (non-hydrogen) atoms. The van der Waals surface area contributed by atoms with Crippen LogP contribution in [-0.4, -0.2) is 34.8 Å². The summed E-state index contributed by atoms with van der Waals surface area (Å²) in [6.07, 6.45) is 7.34. The van der Waals surface area contributed by atoms with E-state index in [0.717, 1.165) is 12.8 Å². The maximum atomic E-state index is 13.1. The van der Waals surface area contributed by atoms with Crippen molar-refractivity contribution in [1.29, 1.82) is 0 Å². The molecule has 8 heteroatoms. The zero-order valence-electron chi connectivity index (χ0n) is 14.8. The molecule has 0 atom stereocenters. The van der Waals surface area contributed by atoms with Gasteiger partial charge in [-0.25, -0.2) is 4.98 Å². The van der Waals surface area contributed by atoms with Crippen LogP contribution in [0.1, 0.15) is 42.5 Å². The number of hydrogen-bond donors (Lipinski definition) is 1. The van der Waals surface area contributed by atoms with E-state index in [0.29, 0.717) is 33.2 Å². The standard InChI is InChI=1S/C19H21Cl2N3O2S/c20-14-6-7-15(16(21)10-14)18(26)24(11-13-4-2-1-3-5-13)12-17(25)23-19-22-8-9-27-19/h6-10,13H,1-5,11-12H2,(H,22,23,25). The van der Waals surface area contributed by atoms with Crippen molar-refractivity contribution >= 4 is 51.5 Å². The van der Waals surface area contributed by atoms with Crippen molar-refractivity contribution in [3.8, 4) is 0 Å². The SMILES string of the molecule is O=C(CN(CC1CCCCC1)C(=O)c1ccc(Cl)cc1Cl)Nc1nccs1. The van der Waals surface area contributed by atoms with Crippen LogP contribution in [0.15, 0.2) is 29.8 Å². The minimum atomic E-state index is -0.265. The molecule has 0 spiro atoms. The molecule has 0 unspecified atom stereocenters. The number of anilines is 1. The molecule has 1 heterocycles. The summed E-state index contributed by atoms with van der Waals surface area (Å²) in [5.74, 6) is -0.114. The number of carbonyl (C=O) groups is 2. The molecule has 1 aromatic heterocycles. The first kappa shape index (κ1) is 20.1. The van der Waals surface area contributed by atoms with Gasteiger partial charge in [-0.1, -0.05) is 42.5 Å². The number of carbonyl (C=O) groups excluding carboxylic acids is 2. The second-order valence-electron chi connectivity index (χ2n) is 6.70. The third-order valence-electron chi connectivity index (χ3n) is 4.67. The first-order chi connectivity index (χ1) is 13.0. The molecule has 0 saturated heterocycles. The normalized spacial score (nSPS) is 14.7. The highest BCUT2D eigenvalue weighted by Crippen LogP contribution is 2.27. The molecule has 2 aromatic rings. The fraction of sp³-hybridized carbons (Fsp3) is 0.421. The average molecular weight is 426 g/mol. The Balaban J connectivity index is 1.75. The summed E-state index contributed by atoms with van der Waals surface area (Å²) in [5.41, 5.74) is 0.360. The van der Waals surface area contributed by atoms with Gasteiger partial charge in [-0.3, -0.25) is 9.59 Å². The third-order valence-corrected chi connectivity index (χ3v) is 5.90. The molecule has 1 fully saturated rings. The molecule has 1 aliphatic carbocycles. The molecule has 0 radical (unpaired) electrons. The first-order valence-corrected chi connectivity index (χ1v) is 10.6. The van der Waals surface area contributed by atoms with Crippen molar-refractivity contribution in [2.45, 2.75) is 32.1 Å². The van der Waals surface area contributed by atoms with Crippen LogP contribution in [0.25, 0.3) is 0 Å². The molecular formula is C19H21Cl2N3O2S. The molecule has 1 N–H and O–H groups in total. The maximum absolute atomic E-state index is 13.1. The highest BCUT2D eigenvalue weighted by Gasteiger charge is 2.25. The van der Waals surface area contributed by atoms with Crippen molar-refractivity contribution in [2.75, 3.05) is 18.4 Å². The summed E-state index contributed by atoms with van der Waals surface area (Å²) >= 11 is 13.5. The third kappa shape index (κ3) is 5.67. The number of aromatic nitrogens is 1. The summed E-state index contributed by atoms with van der Waals surface area (Å²) in [6.45, 7) is 0.511. The summed E-state index contributed by atoms with van der Waals surface area (Å²) in [4.78, 5) is 31.2. The van der Waals surface area contributed by atoms with E-state index < -0.39 is 0 Å². The Morgan fingerprint density at radius 2 is 2.00 bits per heavy atom. The van der Waals surface area contributed by atoms with E-state index in [1.165, 1.54) is 30.6 Å². The van der Waals surface area contributed by atoms with Gasteiger partial charge < -0.3 is 10.2 Å². The van der Waals surface area contributed by atoms with E-state index >= 15 is 0 Å². The Hall–Kier alpha value is -1.63. The second-order valence-corrected chi connectivity index (χ2v) is 8.44. The van der Waals surface area contributed by atoms with E-state index in [2.05, 4.69) is 10.3 Å². The van der Waals surface area contributed by atoms with Crippen molar-refractivity contribution in [1.82, 2.24) is 9.88 Å². The van der Waals surface area contributed by atoms with Crippen molar-refractivity contribution in [3.63, 3.8) is 0 Å². The van der Waals surface area contributed by atoms with Crippen LogP contribution in [0.3, 0.4) is 0 Å². The van der Waals surface area contributed by atoms with Gasteiger partial charge in [0, 0.05) is 23.1 Å². The maximum Gasteiger partial charge on any atom is 0.255 e. The smallest absolute Gasteiger partial charge is 0.255 e. The number of rotatable bonds is 6. The Labute approximate surface area is 172 Å². The molecule has 1 saturated carbocycles. The summed E-state index contributed by atoms with van der Waals surface area (Å²) in [5, 5.41) is 5.81. The number of nitrogens with zero attached hydrogens (tertiary/aromatic N) is 2. The van der Waals surface area contributed by atoms with E-state index in [1.807, 2.05) is 0 Å². The lowest BCUT2D eigenvalue weighted by Gasteiger charge is -2.29. The van der Waals surface area contributed by atoms with Gasteiger partial charge in [0.2, 0.25) is 5.91 Å². The number of hydrogen-bond acceptors (Lipinski definition) is 4. The number of nitrogens with one attached hydrogen (secondary N) is 1. The zero-order valence-corrected chi connectivity index (χ0v) is 17.1. The van der Waals surface area contributed by atoms with Gasteiger partial charge in [-0.15, -0.1) is 11.3 Å². The Morgan fingerprint density at radius 1 is 1.22 bits per heavy atom. The molecule has 2 amide bonds. The van der Waals surface area contributed by atoms with Crippen LogP contribution in [0.4, 0.5) is 5.13 Å². The monoisotopic (exact) mass is 425 g/mol. The fourth-order valence-electron chi connectivity index (χ4n) is 3.35. The van der Waals surface area contributed by atoms with E-state index in [-0.39, 0.29) is 18.4 Å². The van der Waals surface area contributed by atoms with Gasteiger partial charge >= 0.3 is 0 Å². The van der Waals surface area contributed by atoms with Crippen LogP contribution in [0.2, 0.25) is 10.0 Å². The molecule has 1 aromatic carbocycles. The number of halogens is 2. The van der Waals surface area contributed by atoms with Gasteiger partial charge in [0.25, 0.3) is 5.91 Å². The predicted octanol–water partition coefficient (Wildman–Crippen LogP) is 5.11. The fourth-order valence-corrected chi connectivity index (χ4v) is 4.39. The Bertz CT molecular complexity index is 792. The topological polar surface area (TPSA) is 62.3 Å². The van der Waals surface area contributed by atoms with E-state index in [1.54, 1.807) is 34.7 Å². The largest absolute Gasteiger partial charge is 0.329 e. The first-order valence-electron chi connectivity index (χ1n) is 8.96. The van der Waals surface area contributed by atoms with Gasteiger partial charge in [-0.2, -0.15) is 0 Å². The minimum Gasteiger partial charge on any atom is -0.329 e. The van der Waals surface area contributed by atoms with Crippen molar-refractivity contribution < 1.29 is 9.59 Å². The molecule has 5 nitrogen and oxygen atoms in total. The lowest BCUT2D eigenvalue weighted by molar-refractivity contribution is -0.117. The van der Waals surface area contributed by atoms with Gasteiger partial charge in [0.1, 0.15) is 6.54 Å². The molecule has 0 bridgehead atoms. The van der Waals surface area contributed by atoms with Gasteiger partial charge in [-0.05, 0) is 37.0 Å². The van der Waals surface area contributed by atoms with Crippen molar-refractivity contribution in [2.24, 2.45) is 5.92 Å². The van der Waals surface area contributed by atoms with E-state index in [4.69, 9.17) is 23.2 Å². The van der Waals surface area contributed by atoms with Crippen LogP contribution in [0.5, 0.6) is 0 Å². The molecule has 144 valence electrons. The molecule has 1 aliphatic rings. The average Bonchev–Trinajstić information content (AvgIpc) is 3.14. The van der Waals surface area contributed by atoms with Crippen LogP contribution in [0, 0.1) is 5.92 Å². The van der Waals surface area contributed by atoms with Crippen LogP contribution < -0.4 is 5.32 Å². The molecular weight excluding hydrogens is 405 g/mol. The van der Waals surface area contributed by atoms with Gasteiger partial charge in [0.15, 0.2) is 5.13 Å². The quantitative estimate of drug-likeness (QED) is 0.698. The number of amides is 2. The Kier molecular flexibility index (Phi) is 7.10. The predicted molar refractivity (Wildman–Crippen MR) is 110 cm³/mol. The van der Waals surface area contributed by atoms with Gasteiger partial charge in [0.05, 0.1) is 10.6 Å². The summed E-state index contributed by atoms with van der Waals surface area (Å²) < 4.78 is 0. The highest BCUT2D eigenvalue weighted by molar-refractivity contribution is 7.13. The summed E-state index contributed by atoms with van der Waals surface area (Å²) in [6, 6.07) is 4.79.